The summed E-state index contributed by atoms with van der Waals surface area (Å²) in [7, 11) is 0. The van der Waals surface area contributed by atoms with Crippen molar-refractivity contribution in [2.45, 2.75) is 32.6 Å². The molecule has 36 heavy (non-hydrogen) atoms. The molecule has 0 nitrogen and oxygen atoms in total. The molecule has 1 unspecified atom stereocenters. The number of aryl methyl sites for hydroxylation is 1. The van der Waals surface area contributed by atoms with Gasteiger partial charge >= 0.3 is 0 Å². The number of hydrogen-bond donors (Lipinski definition) is 0. The van der Waals surface area contributed by atoms with E-state index in [0.29, 0.717) is 24.8 Å². The molecule has 0 saturated heterocycles. The molecule has 0 heterocycles. The highest BCUT2D eigenvalue weighted by Crippen LogP contribution is 2.36. The van der Waals surface area contributed by atoms with E-state index < -0.39 is 34.9 Å². The van der Waals surface area contributed by atoms with Gasteiger partial charge in [0.05, 0.1) is 0 Å². The van der Waals surface area contributed by atoms with Crippen LogP contribution in [0, 0.1) is 40.8 Å². The summed E-state index contributed by atoms with van der Waals surface area (Å²) in [4.78, 5) is 0. The molecule has 3 aromatic carbocycles. The Morgan fingerprint density at radius 1 is 0.750 bits per heavy atom. The molecule has 0 saturated carbocycles. The zero-order valence-corrected chi connectivity index (χ0v) is 19.7. The first-order valence-corrected chi connectivity index (χ1v) is 11.7. The van der Waals surface area contributed by atoms with E-state index in [9.17, 15) is 26.3 Å². The Morgan fingerprint density at radius 3 is 1.97 bits per heavy atom. The van der Waals surface area contributed by atoms with Crippen molar-refractivity contribution in [1.29, 1.82) is 0 Å². The van der Waals surface area contributed by atoms with Crippen molar-refractivity contribution >= 4 is 17.7 Å². The Labute approximate surface area is 206 Å². The van der Waals surface area contributed by atoms with Gasteiger partial charge in [-0.2, -0.15) is 0 Å². The van der Waals surface area contributed by atoms with Gasteiger partial charge in [0.25, 0.3) is 0 Å². The van der Waals surface area contributed by atoms with Gasteiger partial charge in [0.15, 0.2) is 34.9 Å². The molecule has 0 radical (unpaired) electrons. The molecule has 0 fully saturated rings. The molecule has 0 aromatic heterocycles. The Morgan fingerprint density at radius 2 is 1.33 bits per heavy atom. The predicted molar refractivity (Wildman–Crippen MR) is 132 cm³/mol. The smallest absolute Gasteiger partial charge is 0.167 e. The van der Waals surface area contributed by atoms with E-state index in [1.54, 1.807) is 19.1 Å². The van der Waals surface area contributed by atoms with Crippen LogP contribution in [0.15, 0.2) is 55.1 Å². The quantitative estimate of drug-likeness (QED) is 0.297. The second-order valence-corrected chi connectivity index (χ2v) is 8.74. The van der Waals surface area contributed by atoms with E-state index in [-0.39, 0.29) is 45.7 Å². The van der Waals surface area contributed by atoms with Gasteiger partial charge in [-0.15, -0.1) is 0 Å². The van der Waals surface area contributed by atoms with Gasteiger partial charge in [-0.25, -0.2) is 26.3 Å². The van der Waals surface area contributed by atoms with Gasteiger partial charge in [-0.1, -0.05) is 74.2 Å². The third kappa shape index (κ3) is 4.77. The lowest BCUT2D eigenvalue weighted by Gasteiger charge is -2.20. The molecule has 6 heteroatoms. The molecule has 1 aliphatic rings. The topological polar surface area (TPSA) is 0 Å². The van der Waals surface area contributed by atoms with Crippen molar-refractivity contribution < 1.29 is 26.3 Å². The molecule has 186 valence electrons. The Kier molecular flexibility index (Phi) is 7.53. The minimum Gasteiger partial charge on any atom is -0.203 e. The van der Waals surface area contributed by atoms with Gasteiger partial charge < -0.3 is 0 Å². The summed E-state index contributed by atoms with van der Waals surface area (Å²) in [6.07, 6.45) is 8.12. The first-order chi connectivity index (χ1) is 17.3. The van der Waals surface area contributed by atoms with E-state index in [0.717, 1.165) is 0 Å². The minimum absolute atomic E-state index is 0.0108. The van der Waals surface area contributed by atoms with E-state index in [1.807, 2.05) is 0 Å². The first kappa shape index (κ1) is 25.5. The van der Waals surface area contributed by atoms with Crippen molar-refractivity contribution in [3.63, 3.8) is 0 Å². The maximum Gasteiger partial charge on any atom is 0.167 e. The number of benzene rings is 3. The Bertz CT molecular complexity index is 1380. The zero-order chi connectivity index (χ0) is 26.0. The van der Waals surface area contributed by atoms with E-state index in [2.05, 4.69) is 6.58 Å². The molecule has 1 aliphatic carbocycles. The molecule has 0 bridgehead atoms. The van der Waals surface area contributed by atoms with Gasteiger partial charge in [0.1, 0.15) is 0 Å². The summed E-state index contributed by atoms with van der Waals surface area (Å²) in [6, 6.07) is 8.17. The summed E-state index contributed by atoms with van der Waals surface area (Å²) in [5.74, 6) is -6.52. The molecule has 3 aromatic rings. The molecule has 0 amide bonds. The second kappa shape index (κ2) is 10.6. The van der Waals surface area contributed by atoms with Gasteiger partial charge in [-0.05, 0) is 42.7 Å². The molecular formula is C30H24F6. The lowest BCUT2D eigenvalue weighted by Crippen LogP contribution is -2.06. The normalized spacial score (nSPS) is 15.9. The third-order valence-corrected chi connectivity index (χ3v) is 6.62. The van der Waals surface area contributed by atoms with E-state index in [4.69, 9.17) is 0 Å². The van der Waals surface area contributed by atoms with Gasteiger partial charge in [0, 0.05) is 27.8 Å². The molecular weight excluding hydrogens is 474 g/mol. The number of halogens is 6. The fraction of sp³-hybridized carbons (Fsp3) is 0.200. The van der Waals surface area contributed by atoms with Crippen LogP contribution in [0.3, 0.4) is 0 Å². The van der Waals surface area contributed by atoms with Crippen molar-refractivity contribution in [3.8, 4) is 11.1 Å². The number of allylic oxidation sites excluding steroid dienone is 3. The van der Waals surface area contributed by atoms with Crippen LogP contribution in [0.5, 0.6) is 0 Å². The van der Waals surface area contributed by atoms with Crippen molar-refractivity contribution in [1.82, 2.24) is 0 Å². The van der Waals surface area contributed by atoms with Crippen LogP contribution < -0.4 is 0 Å². The third-order valence-electron chi connectivity index (χ3n) is 6.62. The van der Waals surface area contributed by atoms with Crippen LogP contribution in [0.1, 0.15) is 48.4 Å². The summed E-state index contributed by atoms with van der Waals surface area (Å²) >= 11 is 0. The van der Waals surface area contributed by atoms with Crippen LogP contribution in [0.4, 0.5) is 26.3 Å². The average molecular weight is 499 g/mol. The van der Waals surface area contributed by atoms with Gasteiger partial charge in [-0.3, -0.25) is 0 Å². The van der Waals surface area contributed by atoms with Crippen molar-refractivity contribution in [2.24, 2.45) is 5.92 Å². The standard InChI is InChI=1S/C30H24F6/c1-3-18-11-12-21(27(33)25(18)31)10-7-17-5-8-20(9-6-17)22-15-16-24(30(36)28(22)34)23-14-13-19(4-2)26(32)29(23)35/h3,7-8,10-17H,1,4-6,9H2,2H3/b10-7+. The second-order valence-electron chi connectivity index (χ2n) is 8.74. The van der Waals surface area contributed by atoms with Gasteiger partial charge in [0.2, 0.25) is 0 Å². The predicted octanol–water partition coefficient (Wildman–Crippen LogP) is 9.29. The zero-order valence-electron chi connectivity index (χ0n) is 19.7. The molecule has 0 spiro atoms. The fourth-order valence-electron chi connectivity index (χ4n) is 4.46. The van der Waals surface area contributed by atoms with Crippen LogP contribution in [0.25, 0.3) is 28.9 Å². The van der Waals surface area contributed by atoms with Crippen LogP contribution in [-0.2, 0) is 6.42 Å². The Balaban J connectivity index is 1.54. The average Bonchev–Trinajstić information content (AvgIpc) is 2.89. The minimum atomic E-state index is -1.24. The molecule has 0 aliphatic heterocycles. The lowest BCUT2D eigenvalue weighted by molar-refractivity contribution is 0.494. The molecule has 1 atom stereocenters. The fourth-order valence-corrected chi connectivity index (χ4v) is 4.46. The highest BCUT2D eigenvalue weighted by molar-refractivity contribution is 5.72. The maximum absolute atomic E-state index is 15.0. The molecule has 0 N–H and O–H groups in total. The van der Waals surface area contributed by atoms with Crippen LogP contribution >= 0.6 is 0 Å². The summed E-state index contributed by atoms with van der Waals surface area (Å²) < 4.78 is 86.8. The number of rotatable bonds is 6. The Hall–Kier alpha value is -3.54. The van der Waals surface area contributed by atoms with Crippen LogP contribution in [-0.4, -0.2) is 0 Å². The van der Waals surface area contributed by atoms with E-state index >= 15 is 0 Å². The first-order valence-electron chi connectivity index (χ1n) is 11.7. The van der Waals surface area contributed by atoms with E-state index in [1.165, 1.54) is 48.6 Å². The SMILES string of the molecule is C=Cc1ccc(/C=C/C2CC=C(c3ccc(-c4ccc(CC)c(F)c4F)c(F)c3F)CC2)c(F)c1F. The van der Waals surface area contributed by atoms with Crippen LogP contribution in [0.2, 0.25) is 0 Å². The lowest BCUT2D eigenvalue weighted by atomic mass is 9.85. The monoisotopic (exact) mass is 498 g/mol. The highest BCUT2D eigenvalue weighted by Gasteiger charge is 2.23. The number of hydrogen-bond acceptors (Lipinski definition) is 0. The summed E-state index contributed by atoms with van der Waals surface area (Å²) in [5, 5.41) is 0. The largest absolute Gasteiger partial charge is 0.203 e. The maximum atomic E-state index is 15.0. The van der Waals surface area contributed by atoms with Crippen molar-refractivity contribution in [3.05, 3.63) is 112 Å². The summed E-state index contributed by atoms with van der Waals surface area (Å²) in [6.45, 7) is 5.12. The molecule has 4 rings (SSSR count). The van der Waals surface area contributed by atoms with Crippen molar-refractivity contribution in [2.75, 3.05) is 0 Å². The summed E-state index contributed by atoms with van der Waals surface area (Å²) in [5.41, 5.74) is 0.352. The highest BCUT2D eigenvalue weighted by atomic mass is 19.2.